The zero-order valence-electron chi connectivity index (χ0n) is 8.80. The molecule has 16 heavy (non-hydrogen) atoms. The Morgan fingerprint density at radius 3 is 2.69 bits per heavy atom. The molecule has 0 unspecified atom stereocenters. The number of rotatable bonds is 2. The Morgan fingerprint density at radius 2 is 2.00 bits per heavy atom. The molecule has 3 rings (SSSR count). The van der Waals surface area contributed by atoms with E-state index in [9.17, 15) is 0 Å². The third-order valence-corrected chi connectivity index (χ3v) is 2.63. The summed E-state index contributed by atoms with van der Waals surface area (Å²) >= 11 is 0. The highest BCUT2D eigenvalue weighted by Crippen LogP contribution is 2.38. The van der Waals surface area contributed by atoms with E-state index in [2.05, 4.69) is 15.0 Å². The molecule has 4 nitrogen and oxygen atoms in total. The summed E-state index contributed by atoms with van der Waals surface area (Å²) in [5, 5.41) is 0. The van der Waals surface area contributed by atoms with Crippen LogP contribution in [-0.2, 0) is 0 Å². The molecule has 0 saturated heterocycles. The normalized spacial score (nSPS) is 15.0. The maximum absolute atomic E-state index is 5.78. The van der Waals surface area contributed by atoms with Crippen molar-refractivity contribution < 1.29 is 0 Å². The van der Waals surface area contributed by atoms with E-state index in [-0.39, 0.29) is 0 Å². The number of hydrogen-bond acceptors (Lipinski definition) is 4. The van der Waals surface area contributed by atoms with Gasteiger partial charge >= 0.3 is 0 Å². The first kappa shape index (κ1) is 9.27. The molecule has 1 aliphatic carbocycles. The molecule has 4 heteroatoms. The highest BCUT2D eigenvalue weighted by atomic mass is 15.0. The van der Waals surface area contributed by atoms with Crippen LogP contribution in [0.2, 0.25) is 0 Å². The van der Waals surface area contributed by atoms with E-state index >= 15 is 0 Å². The van der Waals surface area contributed by atoms with Crippen LogP contribution in [0.1, 0.15) is 24.6 Å². The summed E-state index contributed by atoms with van der Waals surface area (Å²) in [5.41, 5.74) is 7.44. The fourth-order valence-corrected chi connectivity index (χ4v) is 1.65. The van der Waals surface area contributed by atoms with E-state index in [4.69, 9.17) is 5.73 Å². The van der Waals surface area contributed by atoms with Gasteiger partial charge in [0.1, 0.15) is 11.6 Å². The monoisotopic (exact) mass is 212 g/mol. The molecular weight excluding hydrogens is 200 g/mol. The van der Waals surface area contributed by atoms with Gasteiger partial charge in [-0.05, 0) is 25.0 Å². The number of aromatic nitrogens is 3. The Kier molecular flexibility index (Phi) is 2.06. The standard InChI is InChI=1S/C12H12N4/c13-11-7-10(9-3-1-2-6-14-9)15-12(16-11)8-4-5-8/h1-3,6-8H,4-5H2,(H2,13,15,16). The topological polar surface area (TPSA) is 64.7 Å². The van der Waals surface area contributed by atoms with Crippen molar-refractivity contribution in [1.29, 1.82) is 0 Å². The van der Waals surface area contributed by atoms with Gasteiger partial charge in [-0.2, -0.15) is 0 Å². The second-order valence-corrected chi connectivity index (χ2v) is 4.03. The Bertz CT molecular complexity index is 506. The first-order chi connectivity index (χ1) is 7.83. The Labute approximate surface area is 93.6 Å². The lowest BCUT2D eigenvalue weighted by atomic mass is 10.2. The Morgan fingerprint density at radius 1 is 1.12 bits per heavy atom. The van der Waals surface area contributed by atoms with Crippen molar-refractivity contribution in [2.75, 3.05) is 5.73 Å². The van der Waals surface area contributed by atoms with Gasteiger partial charge in [0.15, 0.2) is 0 Å². The summed E-state index contributed by atoms with van der Waals surface area (Å²) in [6.45, 7) is 0. The third-order valence-electron chi connectivity index (χ3n) is 2.63. The molecule has 0 atom stereocenters. The van der Waals surface area contributed by atoms with Crippen molar-refractivity contribution in [2.24, 2.45) is 0 Å². The minimum atomic E-state index is 0.506. The van der Waals surface area contributed by atoms with Crippen LogP contribution in [0, 0.1) is 0 Å². The van der Waals surface area contributed by atoms with Gasteiger partial charge in [-0.25, -0.2) is 9.97 Å². The fraction of sp³-hybridized carbons (Fsp3) is 0.250. The van der Waals surface area contributed by atoms with Crippen LogP contribution in [0.25, 0.3) is 11.4 Å². The van der Waals surface area contributed by atoms with Crippen molar-refractivity contribution in [3.63, 3.8) is 0 Å². The molecule has 0 aliphatic heterocycles. The molecule has 80 valence electrons. The first-order valence-corrected chi connectivity index (χ1v) is 5.39. The molecule has 0 amide bonds. The number of hydrogen-bond donors (Lipinski definition) is 1. The summed E-state index contributed by atoms with van der Waals surface area (Å²) in [4.78, 5) is 13.0. The predicted octanol–water partition coefficient (Wildman–Crippen LogP) is 2.00. The van der Waals surface area contributed by atoms with Gasteiger partial charge in [0.2, 0.25) is 0 Å². The van der Waals surface area contributed by atoms with E-state index in [0.717, 1.165) is 17.2 Å². The second-order valence-electron chi connectivity index (χ2n) is 4.03. The van der Waals surface area contributed by atoms with Crippen molar-refractivity contribution in [2.45, 2.75) is 18.8 Å². The lowest BCUT2D eigenvalue weighted by Gasteiger charge is -2.04. The Balaban J connectivity index is 2.06. The minimum absolute atomic E-state index is 0.506. The molecule has 0 bridgehead atoms. The summed E-state index contributed by atoms with van der Waals surface area (Å²) in [5.74, 6) is 1.89. The predicted molar refractivity (Wildman–Crippen MR) is 61.7 cm³/mol. The van der Waals surface area contributed by atoms with Gasteiger partial charge in [0, 0.05) is 18.2 Å². The van der Waals surface area contributed by atoms with Crippen LogP contribution in [0.5, 0.6) is 0 Å². The first-order valence-electron chi connectivity index (χ1n) is 5.39. The molecule has 0 aromatic carbocycles. The summed E-state index contributed by atoms with van der Waals surface area (Å²) < 4.78 is 0. The van der Waals surface area contributed by atoms with Gasteiger partial charge < -0.3 is 5.73 Å². The van der Waals surface area contributed by atoms with Crippen LogP contribution in [0.4, 0.5) is 5.82 Å². The molecular formula is C12H12N4. The van der Waals surface area contributed by atoms with Gasteiger partial charge in [0.25, 0.3) is 0 Å². The average Bonchev–Trinajstić information content (AvgIpc) is 3.13. The van der Waals surface area contributed by atoms with E-state index in [0.29, 0.717) is 11.7 Å². The molecule has 2 aromatic heterocycles. The van der Waals surface area contributed by atoms with Crippen LogP contribution >= 0.6 is 0 Å². The van der Waals surface area contributed by atoms with Gasteiger partial charge in [-0.1, -0.05) is 6.07 Å². The smallest absolute Gasteiger partial charge is 0.134 e. The van der Waals surface area contributed by atoms with Gasteiger partial charge in [-0.15, -0.1) is 0 Å². The number of nitrogen functional groups attached to an aromatic ring is 1. The quantitative estimate of drug-likeness (QED) is 0.826. The maximum Gasteiger partial charge on any atom is 0.134 e. The lowest BCUT2D eigenvalue weighted by molar-refractivity contribution is 0.933. The molecule has 0 spiro atoms. The minimum Gasteiger partial charge on any atom is -0.384 e. The summed E-state index contributed by atoms with van der Waals surface area (Å²) in [6.07, 6.45) is 4.10. The van der Waals surface area contributed by atoms with E-state index in [1.165, 1.54) is 12.8 Å². The van der Waals surface area contributed by atoms with Crippen LogP contribution in [0.15, 0.2) is 30.5 Å². The molecule has 1 fully saturated rings. The number of nitrogens with zero attached hydrogens (tertiary/aromatic N) is 3. The Hall–Kier alpha value is -1.97. The van der Waals surface area contributed by atoms with Crippen molar-refractivity contribution >= 4 is 5.82 Å². The van der Waals surface area contributed by atoms with E-state index < -0.39 is 0 Å². The zero-order chi connectivity index (χ0) is 11.0. The lowest BCUT2D eigenvalue weighted by Crippen LogP contribution is -2.00. The molecule has 1 saturated carbocycles. The van der Waals surface area contributed by atoms with Gasteiger partial charge in [0.05, 0.1) is 11.4 Å². The van der Waals surface area contributed by atoms with Gasteiger partial charge in [-0.3, -0.25) is 4.98 Å². The highest BCUT2D eigenvalue weighted by Gasteiger charge is 2.27. The van der Waals surface area contributed by atoms with Crippen molar-refractivity contribution in [3.8, 4) is 11.4 Å². The van der Waals surface area contributed by atoms with E-state index in [1.54, 1.807) is 12.3 Å². The molecule has 0 radical (unpaired) electrons. The van der Waals surface area contributed by atoms with Crippen LogP contribution < -0.4 is 5.73 Å². The summed E-state index contributed by atoms with van der Waals surface area (Å²) in [7, 11) is 0. The third kappa shape index (κ3) is 1.74. The average molecular weight is 212 g/mol. The van der Waals surface area contributed by atoms with Crippen LogP contribution in [0.3, 0.4) is 0 Å². The molecule has 1 aliphatic rings. The number of anilines is 1. The maximum atomic E-state index is 5.78. The van der Waals surface area contributed by atoms with E-state index in [1.807, 2.05) is 18.2 Å². The zero-order valence-corrected chi connectivity index (χ0v) is 8.80. The largest absolute Gasteiger partial charge is 0.384 e. The molecule has 2 N–H and O–H groups in total. The summed E-state index contributed by atoms with van der Waals surface area (Å²) in [6, 6.07) is 7.53. The second kappa shape index (κ2) is 3.56. The highest BCUT2D eigenvalue weighted by molar-refractivity contribution is 5.57. The fourth-order valence-electron chi connectivity index (χ4n) is 1.65. The number of pyridine rings is 1. The van der Waals surface area contributed by atoms with Crippen molar-refractivity contribution in [3.05, 3.63) is 36.3 Å². The SMILES string of the molecule is Nc1cc(-c2ccccn2)nc(C2CC2)n1. The molecule has 2 heterocycles. The van der Waals surface area contributed by atoms with Crippen molar-refractivity contribution in [1.82, 2.24) is 15.0 Å². The number of nitrogens with two attached hydrogens (primary N) is 1. The van der Waals surface area contributed by atoms with Crippen LogP contribution in [-0.4, -0.2) is 15.0 Å². The molecule has 2 aromatic rings.